The average Bonchev–Trinajstić information content (AvgIpc) is 3.14. The summed E-state index contributed by atoms with van der Waals surface area (Å²) in [7, 11) is -3.78. The van der Waals surface area contributed by atoms with Crippen molar-refractivity contribution >= 4 is 30.5 Å². The lowest BCUT2D eigenvalue weighted by Crippen LogP contribution is -2.31. The number of nitriles is 2. The van der Waals surface area contributed by atoms with Crippen LogP contribution in [0.1, 0.15) is 137 Å². The van der Waals surface area contributed by atoms with E-state index >= 15 is 0 Å². The number of unbranched alkanes of at least 4 members (excludes halogenated alkanes) is 5. The zero-order valence-corrected chi connectivity index (χ0v) is 33.3. The van der Waals surface area contributed by atoms with Gasteiger partial charge in [0.25, 0.3) is 0 Å². The number of hydrogen-bond acceptors (Lipinski definition) is 9. The molecule has 0 radical (unpaired) electrons. The Balaban J connectivity index is 2.85. The Morgan fingerprint density at radius 2 is 1.43 bits per heavy atom. The van der Waals surface area contributed by atoms with Crippen LogP contribution in [0.3, 0.4) is 0 Å². The van der Waals surface area contributed by atoms with Crippen molar-refractivity contribution < 1.29 is 18.3 Å². The van der Waals surface area contributed by atoms with Gasteiger partial charge in [0.15, 0.2) is 0 Å². The number of anilines is 2. The molecule has 2 unspecified atom stereocenters. The fourth-order valence-electron chi connectivity index (χ4n) is 5.95. The van der Waals surface area contributed by atoms with Gasteiger partial charge in [-0.25, -0.2) is 4.57 Å². The number of hydrogen-bond donors (Lipinski definition) is 1. The van der Waals surface area contributed by atoms with Crippen molar-refractivity contribution in [2.75, 3.05) is 42.9 Å². The summed E-state index contributed by atoms with van der Waals surface area (Å²) in [6.07, 6.45) is 13.5. The van der Waals surface area contributed by atoms with E-state index in [0.717, 1.165) is 83.0 Å². The van der Waals surface area contributed by atoms with Crippen molar-refractivity contribution in [3.05, 3.63) is 41.5 Å². The van der Waals surface area contributed by atoms with Gasteiger partial charge in [0, 0.05) is 19.2 Å². The van der Waals surface area contributed by atoms with E-state index in [4.69, 9.17) is 13.8 Å². The van der Waals surface area contributed by atoms with Crippen molar-refractivity contribution in [1.82, 2.24) is 0 Å². The largest absolute Gasteiger partial charge is 0.491 e. The number of nitrogens with zero attached hydrogens (tertiary/aromatic N) is 5. The molecule has 0 aliphatic rings. The summed E-state index contributed by atoms with van der Waals surface area (Å²) < 4.78 is 32.0. The van der Waals surface area contributed by atoms with Crippen LogP contribution >= 0.6 is 7.75 Å². The van der Waals surface area contributed by atoms with Crippen LogP contribution in [0.25, 0.3) is 0 Å². The maximum Gasteiger partial charge on any atom is 0.432 e. The molecule has 0 bridgehead atoms. The van der Waals surface area contributed by atoms with E-state index in [0.29, 0.717) is 46.8 Å². The Morgan fingerprint density at radius 1 is 0.784 bits per heavy atom. The van der Waals surface area contributed by atoms with Crippen LogP contribution in [0.2, 0.25) is 0 Å². The van der Waals surface area contributed by atoms with E-state index in [9.17, 15) is 15.1 Å². The minimum atomic E-state index is -3.78. The molecule has 0 saturated heterocycles. The third kappa shape index (κ3) is 15.0. The molecule has 2 rings (SSSR count). The van der Waals surface area contributed by atoms with Gasteiger partial charge >= 0.3 is 7.75 Å². The lowest BCUT2D eigenvalue weighted by atomic mass is 9.98. The highest BCUT2D eigenvalue weighted by Crippen LogP contribution is 2.52. The lowest BCUT2D eigenvalue weighted by Gasteiger charge is -2.32. The van der Waals surface area contributed by atoms with Crippen molar-refractivity contribution in [2.45, 2.75) is 126 Å². The summed E-state index contributed by atoms with van der Waals surface area (Å²) in [4.78, 5) is 2.44. The number of ether oxygens (including phenoxy) is 1. The summed E-state index contributed by atoms with van der Waals surface area (Å²) in [6, 6.07) is 12.7. The Bertz CT molecular complexity index is 1460. The highest BCUT2D eigenvalue weighted by molar-refractivity contribution is 7.55. The van der Waals surface area contributed by atoms with Gasteiger partial charge in [-0.1, -0.05) is 92.4 Å². The van der Waals surface area contributed by atoms with Gasteiger partial charge in [0.05, 0.1) is 48.4 Å². The number of rotatable bonds is 27. The minimum Gasteiger partial charge on any atom is -0.491 e. The molecule has 2 atom stereocenters. The van der Waals surface area contributed by atoms with Crippen molar-refractivity contribution in [1.29, 1.82) is 10.5 Å². The molecule has 282 valence electrons. The first kappa shape index (κ1) is 43.7. The van der Waals surface area contributed by atoms with Crippen molar-refractivity contribution in [3.8, 4) is 17.9 Å². The molecule has 11 heteroatoms. The van der Waals surface area contributed by atoms with Crippen LogP contribution < -0.4 is 14.7 Å². The van der Waals surface area contributed by atoms with Crippen LogP contribution in [-0.4, -0.2) is 32.9 Å². The van der Waals surface area contributed by atoms with E-state index in [1.54, 1.807) is 26.0 Å². The third-order valence-electron chi connectivity index (χ3n) is 9.11. The molecule has 0 fully saturated rings. The van der Waals surface area contributed by atoms with E-state index in [1.165, 1.54) is 18.9 Å². The first-order chi connectivity index (χ1) is 24.7. The molecular formula is C40H63N6O4P. The Labute approximate surface area is 308 Å². The maximum absolute atomic E-state index is 13.9. The standard InChI is InChI=1S/C40H63N6O4P/c1-8-15-18-19-24-46(30-32(11-4)20-16-9-2)39-26-38(45-51(47,49-13-6)50-14-7)37(27-40(39)48-31-33(12-5)21-17-10-3)44-43-36-23-22-34(28-41)25-35(36)29-42/h22-23,25-27,32-33H,8-21,24,30-31H2,1-7H3,(H,45,47)/b44-43+. The second-order valence-corrected chi connectivity index (χ2v) is 14.8. The van der Waals surface area contributed by atoms with Crippen LogP contribution in [0.4, 0.5) is 22.7 Å². The molecule has 2 aromatic rings. The predicted octanol–water partition coefficient (Wildman–Crippen LogP) is 12.6. The smallest absolute Gasteiger partial charge is 0.432 e. The van der Waals surface area contributed by atoms with Gasteiger partial charge in [-0.2, -0.15) is 10.5 Å². The molecule has 0 aliphatic carbocycles. The highest BCUT2D eigenvalue weighted by Gasteiger charge is 2.28. The van der Waals surface area contributed by atoms with Gasteiger partial charge in [-0.05, 0) is 69.2 Å². The molecule has 2 aromatic carbocycles. The monoisotopic (exact) mass is 722 g/mol. The summed E-state index contributed by atoms with van der Waals surface area (Å²) >= 11 is 0. The Kier molecular flexibility index (Phi) is 21.2. The molecule has 10 nitrogen and oxygen atoms in total. The first-order valence-corrected chi connectivity index (χ1v) is 20.9. The predicted molar refractivity (Wildman–Crippen MR) is 209 cm³/mol. The zero-order chi connectivity index (χ0) is 37.5. The Morgan fingerprint density at radius 3 is 2.02 bits per heavy atom. The van der Waals surface area contributed by atoms with Crippen LogP contribution in [-0.2, 0) is 13.6 Å². The number of azo groups is 1. The zero-order valence-electron chi connectivity index (χ0n) is 32.4. The average molecular weight is 723 g/mol. The quantitative estimate of drug-likeness (QED) is 0.0547. The van der Waals surface area contributed by atoms with Gasteiger partial charge < -0.3 is 9.64 Å². The van der Waals surface area contributed by atoms with Crippen molar-refractivity contribution in [2.24, 2.45) is 22.1 Å². The van der Waals surface area contributed by atoms with E-state index in [-0.39, 0.29) is 18.8 Å². The molecular weight excluding hydrogens is 659 g/mol. The lowest BCUT2D eigenvalue weighted by molar-refractivity contribution is 0.225. The normalized spacial score (nSPS) is 12.7. The van der Waals surface area contributed by atoms with E-state index in [1.807, 2.05) is 12.1 Å². The summed E-state index contributed by atoms with van der Waals surface area (Å²) in [5.41, 5.74) is 2.61. The molecule has 1 N–H and O–H groups in total. The second kappa shape index (κ2) is 24.7. The Hall–Kier alpha value is -3.43. The van der Waals surface area contributed by atoms with Gasteiger partial charge in [0.1, 0.15) is 23.2 Å². The fraction of sp³-hybridized carbons (Fsp3) is 0.650. The minimum absolute atomic E-state index is 0.182. The van der Waals surface area contributed by atoms with Gasteiger partial charge in [0.2, 0.25) is 0 Å². The maximum atomic E-state index is 13.9. The summed E-state index contributed by atoms with van der Waals surface area (Å²) in [5.74, 6) is 1.60. The molecule has 0 amide bonds. The third-order valence-corrected chi connectivity index (χ3v) is 10.8. The summed E-state index contributed by atoms with van der Waals surface area (Å²) in [5, 5.41) is 31.3. The topological polar surface area (TPSA) is 132 Å². The van der Waals surface area contributed by atoms with Gasteiger partial charge in [-0.15, -0.1) is 10.2 Å². The van der Waals surface area contributed by atoms with Gasteiger partial charge in [-0.3, -0.25) is 14.1 Å². The van der Waals surface area contributed by atoms with Crippen LogP contribution in [0, 0.1) is 34.5 Å². The molecule has 0 aromatic heterocycles. The molecule has 0 heterocycles. The van der Waals surface area contributed by atoms with E-state index < -0.39 is 7.75 Å². The highest BCUT2D eigenvalue weighted by atomic mass is 31.2. The summed E-state index contributed by atoms with van der Waals surface area (Å²) in [6.45, 7) is 17.3. The number of benzene rings is 2. The second-order valence-electron chi connectivity index (χ2n) is 13.1. The fourth-order valence-corrected chi connectivity index (χ4v) is 7.30. The molecule has 0 spiro atoms. The first-order valence-electron chi connectivity index (χ1n) is 19.3. The van der Waals surface area contributed by atoms with Crippen molar-refractivity contribution in [3.63, 3.8) is 0 Å². The van der Waals surface area contributed by atoms with E-state index in [2.05, 4.69) is 67.0 Å². The SMILES string of the molecule is CCCCCCN(CC(CC)CCCC)c1cc(NP(=O)(OCC)OCC)c(/N=N/c2ccc(C#N)cc2C#N)cc1OCC(CC)CCCC. The number of nitrogens with one attached hydrogen (secondary N) is 1. The molecule has 51 heavy (non-hydrogen) atoms. The molecule has 0 aliphatic heterocycles. The molecule has 0 saturated carbocycles. The van der Waals surface area contributed by atoms with Crippen LogP contribution in [0.5, 0.6) is 5.75 Å². The van der Waals surface area contributed by atoms with Crippen LogP contribution in [0.15, 0.2) is 40.6 Å².